The number of carbonyl (C=O) groups is 4. The Morgan fingerprint density at radius 3 is 2.37 bits per heavy atom. The zero-order valence-electron chi connectivity index (χ0n) is 27.6. The molecule has 2 aromatic carbocycles. The first-order valence-electron chi connectivity index (χ1n) is 15.3. The number of imidazole rings is 1. The van der Waals surface area contributed by atoms with E-state index in [-0.39, 0.29) is 24.2 Å². The summed E-state index contributed by atoms with van der Waals surface area (Å²) < 4.78 is 24.7. The normalized spacial score (nSPS) is 16.4. The van der Waals surface area contributed by atoms with Crippen molar-refractivity contribution in [3.63, 3.8) is 0 Å². The molecule has 0 unspecified atom stereocenters. The maximum Gasteiger partial charge on any atom is 0.354 e. The number of nitrogens with one attached hydrogen (secondary N) is 2. The Balaban J connectivity index is 1.04. The lowest BCUT2D eigenvalue weighted by Crippen LogP contribution is -2.41. The van der Waals surface area contributed by atoms with Crippen LogP contribution in [0.25, 0.3) is 11.1 Å². The molecule has 0 spiro atoms. The van der Waals surface area contributed by atoms with E-state index >= 15 is 0 Å². The van der Waals surface area contributed by atoms with Crippen LogP contribution >= 0.6 is 0 Å². The summed E-state index contributed by atoms with van der Waals surface area (Å²) in [6, 6.07) is 11.7. The van der Waals surface area contributed by atoms with E-state index < -0.39 is 29.9 Å². The summed E-state index contributed by atoms with van der Waals surface area (Å²) >= 11 is 0. The van der Waals surface area contributed by atoms with E-state index in [0.717, 1.165) is 11.1 Å². The molecule has 2 N–H and O–H groups in total. The second-order valence-electron chi connectivity index (χ2n) is 11.5. The molecule has 15 nitrogen and oxygen atoms in total. The topological polar surface area (TPSA) is 168 Å². The number of aromatic nitrogens is 3. The van der Waals surface area contributed by atoms with Gasteiger partial charge < -0.3 is 43.6 Å². The summed E-state index contributed by atoms with van der Waals surface area (Å²) in [5.74, 6) is -0.434. The molecule has 2 aliphatic heterocycles. The van der Waals surface area contributed by atoms with E-state index in [9.17, 15) is 19.2 Å². The predicted octanol–water partition coefficient (Wildman–Crippen LogP) is 3.44. The number of hydrogen-bond donors (Lipinski definition) is 2. The molecule has 49 heavy (non-hydrogen) atoms. The Morgan fingerprint density at radius 2 is 1.65 bits per heavy atom. The van der Waals surface area contributed by atoms with Crippen LogP contribution in [0.1, 0.15) is 37.9 Å². The Morgan fingerprint density at radius 1 is 0.918 bits per heavy atom. The van der Waals surface area contributed by atoms with Gasteiger partial charge in [0, 0.05) is 56.6 Å². The highest BCUT2D eigenvalue weighted by atomic mass is 16.5. The number of rotatable bonds is 10. The number of benzene rings is 2. The number of amides is 3. The minimum absolute atomic E-state index is 0.0820. The minimum Gasteiger partial charge on any atom is -0.493 e. The average Bonchev–Trinajstić information content (AvgIpc) is 3.79. The number of nitrogens with zero attached hydrogens (tertiary/aromatic N) is 5. The van der Waals surface area contributed by atoms with E-state index in [0.29, 0.717) is 47.1 Å². The lowest BCUT2D eigenvalue weighted by Gasteiger charge is -2.23. The maximum absolute atomic E-state index is 13.4. The van der Waals surface area contributed by atoms with Gasteiger partial charge in [0.2, 0.25) is 5.82 Å². The van der Waals surface area contributed by atoms with Gasteiger partial charge in [-0.15, -0.1) is 0 Å². The van der Waals surface area contributed by atoms with Crippen molar-refractivity contribution >= 4 is 47.1 Å². The summed E-state index contributed by atoms with van der Waals surface area (Å²) in [7, 11) is 7.75. The van der Waals surface area contributed by atoms with Crippen LogP contribution in [0.4, 0.5) is 17.2 Å². The van der Waals surface area contributed by atoms with Gasteiger partial charge in [-0.3, -0.25) is 19.4 Å². The van der Waals surface area contributed by atoms with Gasteiger partial charge in [-0.25, -0.2) is 9.78 Å². The molecule has 2 atom stereocenters. The van der Waals surface area contributed by atoms with Gasteiger partial charge in [-0.1, -0.05) is 12.1 Å². The van der Waals surface area contributed by atoms with Gasteiger partial charge in [0.05, 0.1) is 44.7 Å². The Bertz CT molecular complexity index is 1960. The number of carbonyl (C=O) groups excluding carboxylic acids is 4. The zero-order valence-corrected chi connectivity index (χ0v) is 27.6. The molecule has 0 bridgehead atoms. The summed E-state index contributed by atoms with van der Waals surface area (Å²) in [5, 5.41) is 5.48. The molecule has 6 rings (SSSR count). The highest BCUT2D eigenvalue weighted by molar-refractivity contribution is 6.04. The number of aliphatic imine (C=N–C) groups is 1. The number of fused-ring (bicyclic) bond motifs is 2. The summed E-state index contributed by atoms with van der Waals surface area (Å²) in [4.78, 5) is 61.7. The first kappa shape index (κ1) is 33.0. The molecule has 0 radical (unpaired) electrons. The second kappa shape index (κ2) is 13.6. The summed E-state index contributed by atoms with van der Waals surface area (Å²) in [6.07, 6.45) is 5.07. The molecular weight excluding hydrogens is 634 g/mol. The van der Waals surface area contributed by atoms with Crippen LogP contribution in [-0.4, -0.2) is 95.6 Å². The van der Waals surface area contributed by atoms with E-state index in [1.165, 1.54) is 32.1 Å². The van der Waals surface area contributed by atoms with E-state index in [1.54, 1.807) is 60.1 Å². The molecule has 15 heteroatoms. The van der Waals surface area contributed by atoms with Gasteiger partial charge in [-0.05, 0) is 36.2 Å². The smallest absolute Gasteiger partial charge is 0.354 e. The summed E-state index contributed by atoms with van der Waals surface area (Å²) in [5.41, 5.74) is 3.48. The van der Waals surface area contributed by atoms with Gasteiger partial charge in [0.1, 0.15) is 12.3 Å². The van der Waals surface area contributed by atoms with Crippen molar-refractivity contribution in [2.75, 3.05) is 45.1 Å². The van der Waals surface area contributed by atoms with Gasteiger partial charge in [0.25, 0.3) is 17.7 Å². The lowest BCUT2D eigenvalue weighted by atomic mass is 10.1. The number of anilines is 2. The fourth-order valence-corrected chi connectivity index (χ4v) is 5.90. The third-order valence-electron chi connectivity index (χ3n) is 8.41. The highest BCUT2D eigenvalue weighted by Gasteiger charge is 2.40. The molecule has 4 aromatic rings. The van der Waals surface area contributed by atoms with Gasteiger partial charge in [0.15, 0.2) is 17.3 Å². The van der Waals surface area contributed by atoms with Crippen molar-refractivity contribution in [1.82, 2.24) is 19.0 Å². The molecule has 2 aromatic heterocycles. The molecule has 1 fully saturated rings. The molecule has 3 amide bonds. The predicted molar refractivity (Wildman–Crippen MR) is 179 cm³/mol. The molecular formula is C34H35N7O8. The van der Waals surface area contributed by atoms with E-state index in [1.807, 2.05) is 18.3 Å². The van der Waals surface area contributed by atoms with Crippen molar-refractivity contribution in [2.24, 2.45) is 19.1 Å². The third-order valence-corrected chi connectivity index (χ3v) is 8.41. The quantitative estimate of drug-likeness (QED) is 0.241. The van der Waals surface area contributed by atoms with E-state index in [4.69, 9.17) is 18.9 Å². The molecule has 254 valence electrons. The van der Waals surface area contributed by atoms with Crippen LogP contribution in [0.2, 0.25) is 0 Å². The number of hydrogen-bond acceptors (Lipinski definition) is 10. The minimum atomic E-state index is -0.473. The molecule has 1 saturated heterocycles. The van der Waals surface area contributed by atoms with Crippen LogP contribution in [0.5, 0.6) is 11.5 Å². The first-order chi connectivity index (χ1) is 23.6. The molecule has 0 saturated carbocycles. The number of esters is 1. The Labute approximate surface area is 281 Å². The van der Waals surface area contributed by atoms with E-state index in [2.05, 4.69) is 20.6 Å². The monoisotopic (exact) mass is 669 g/mol. The molecule has 2 aliphatic rings. The largest absolute Gasteiger partial charge is 0.493 e. The first-order valence-corrected chi connectivity index (χ1v) is 15.3. The zero-order chi connectivity index (χ0) is 34.8. The van der Waals surface area contributed by atoms with Crippen LogP contribution in [0, 0.1) is 0 Å². The second-order valence-corrected chi connectivity index (χ2v) is 11.5. The van der Waals surface area contributed by atoms with Crippen molar-refractivity contribution < 1.29 is 38.1 Å². The van der Waals surface area contributed by atoms with Crippen LogP contribution in [0.3, 0.4) is 0 Å². The fourth-order valence-electron chi connectivity index (χ4n) is 5.90. The summed E-state index contributed by atoms with van der Waals surface area (Å²) in [6.45, 7) is 0.137. The van der Waals surface area contributed by atoms with Crippen molar-refractivity contribution in [3.8, 4) is 22.6 Å². The number of ether oxygens (including phenoxy) is 4. The molecule has 0 aliphatic carbocycles. The van der Waals surface area contributed by atoms with Crippen molar-refractivity contribution in [1.29, 1.82) is 0 Å². The van der Waals surface area contributed by atoms with Crippen molar-refractivity contribution in [2.45, 2.75) is 18.6 Å². The number of aryl methyl sites for hydroxylation is 2. The van der Waals surface area contributed by atoms with Crippen LogP contribution in [-0.2, 0) is 28.4 Å². The van der Waals surface area contributed by atoms with Crippen molar-refractivity contribution in [3.05, 3.63) is 71.9 Å². The highest BCUT2D eigenvalue weighted by Crippen LogP contribution is 2.38. The molecule has 4 heterocycles. The number of methoxy groups -OCH3 is 3. The standard InChI is InChI=1S/C34H35N7O8/c1-39-16-20(12-24(39)34(45)48-5)19-6-8-21(9-7-19)36-32(43)31-38-29(17-40(31)2)37-30(42)18-49-26-10-11-41-25(26)15-35-23-14-28(47-4)27(46-3)13-22(23)33(41)44/h6-9,12-17,25-26H,10-11,18H2,1-5H3,(H,36,43)(H,37,42)/t25-,26+/m1/s1. The SMILES string of the molecule is COC(=O)c1cc(-c2ccc(NC(=O)c3nc(NC(=O)CO[C@H]4CCN5C(=O)c6cc(OC)c(OC)cc6N=C[C@H]45)cn3C)cc2)cn1C. The maximum atomic E-state index is 13.4. The lowest BCUT2D eigenvalue weighted by molar-refractivity contribution is -0.122. The van der Waals surface area contributed by atoms with Crippen LogP contribution in [0.15, 0.2) is 59.9 Å². The fraction of sp³-hybridized carbons (Fsp3) is 0.294. The van der Waals surface area contributed by atoms with Gasteiger partial charge in [-0.2, -0.15) is 0 Å². The van der Waals surface area contributed by atoms with Crippen LogP contribution < -0.4 is 20.1 Å². The Kier molecular flexibility index (Phi) is 9.18. The van der Waals surface area contributed by atoms with Gasteiger partial charge >= 0.3 is 5.97 Å². The Hall–Kier alpha value is -5.96. The third kappa shape index (κ3) is 6.60. The average molecular weight is 670 g/mol.